The molecule has 8 heteroatoms. The van der Waals surface area contributed by atoms with Gasteiger partial charge in [0.15, 0.2) is 0 Å². The fourth-order valence-electron chi connectivity index (χ4n) is 3.79. The number of nitrogens with one attached hydrogen (secondary N) is 1. The van der Waals surface area contributed by atoms with Crippen LogP contribution in [0.25, 0.3) is 0 Å². The highest BCUT2D eigenvalue weighted by atomic mass is 127. The van der Waals surface area contributed by atoms with Crippen LogP contribution < -0.4 is 10.1 Å². The fourth-order valence-corrected chi connectivity index (χ4v) is 3.79. The lowest BCUT2D eigenvalue weighted by Gasteiger charge is -2.43. The van der Waals surface area contributed by atoms with Crippen molar-refractivity contribution in [1.29, 1.82) is 0 Å². The van der Waals surface area contributed by atoms with Crippen molar-refractivity contribution in [3.8, 4) is 5.75 Å². The molecule has 7 nitrogen and oxygen atoms in total. The highest BCUT2D eigenvalue weighted by Crippen LogP contribution is 2.27. The van der Waals surface area contributed by atoms with Gasteiger partial charge in [0.1, 0.15) is 17.9 Å². The third kappa shape index (κ3) is 7.41. The summed E-state index contributed by atoms with van der Waals surface area (Å²) in [4.78, 5) is 28.4. The van der Waals surface area contributed by atoms with Gasteiger partial charge < -0.3 is 19.9 Å². The number of hydrogen-bond donors (Lipinski definition) is 2. The normalized spacial score (nSPS) is 18.6. The summed E-state index contributed by atoms with van der Waals surface area (Å²) >= 11 is 2.15. The second kappa shape index (κ2) is 13.5. The van der Waals surface area contributed by atoms with Crippen molar-refractivity contribution in [3.63, 3.8) is 0 Å². The molecule has 1 saturated heterocycles. The molecule has 0 bridgehead atoms. The molecule has 0 saturated carbocycles. The third-order valence-electron chi connectivity index (χ3n) is 5.82. The van der Waals surface area contributed by atoms with Gasteiger partial charge in [-0.1, -0.05) is 52.9 Å². The Balaban J connectivity index is 0.00000187. The molecular weight excluding hydrogens is 535 g/mol. The van der Waals surface area contributed by atoms with Gasteiger partial charge in [-0.25, -0.2) is 4.79 Å². The summed E-state index contributed by atoms with van der Waals surface area (Å²) in [6.45, 7) is 3.90. The number of rotatable bonds is 9. The molecule has 0 spiro atoms. The van der Waals surface area contributed by atoms with Gasteiger partial charge in [-0.3, -0.25) is 9.69 Å². The van der Waals surface area contributed by atoms with Crippen molar-refractivity contribution >= 4 is 34.5 Å². The SMILES string of the molecule is CI.C[C@H](NC(=O)C1(N(C)CCOc2ccccc2)CCCOC1)c1ccc(C(=O)O)cc1. The van der Waals surface area contributed by atoms with E-state index in [9.17, 15) is 9.59 Å². The molecule has 1 aliphatic rings. The van der Waals surface area contributed by atoms with Crippen LogP contribution in [-0.2, 0) is 9.53 Å². The van der Waals surface area contributed by atoms with Crippen molar-refractivity contribution in [2.24, 2.45) is 0 Å². The van der Waals surface area contributed by atoms with Crippen molar-refractivity contribution in [2.45, 2.75) is 31.3 Å². The van der Waals surface area contributed by atoms with E-state index in [0.717, 1.165) is 17.7 Å². The van der Waals surface area contributed by atoms with E-state index in [1.165, 1.54) is 0 Å². The van der Waals surface area contributed by atoms with Crippen molar-refractivity contribution in [2.75, 3.05) is 38.3 Å². The molecule has 2 N–H and O–H groups in total. The minimum Gasteiger partial charge on any atom is -0.492 e. The number of carboxylic acid groups (broad SMARTS) is 1. The zero-order valence-electron chi connectivity index (χ0n) is 19.4. The molecule has 3 rings (SSSR count). The number of hydrogen-bond acceptors (Lipinski definition) is 5. The summed E-state index contributed by atoms with van der Waals surface area (Å²) in [6, 6.07) is 15.9. The number of alkyl halides is 1. The molecule has 2 aromatic carbocycles. The first-order valence-corrected chi connectivity index (χ1v) is 13.1. The average molecular weight is 568 g/mol. The Hall–Kier alpha value is -2.17. The molecule has 0 aliphatic carbocycles. The molecule has 1 unspecified atom stereocenters. The summed E-state index contributed by atoms with van der Waals surface area (Å²) in [5, 5.41) is 12.2. The number of nitrogens with zero attached hydrogens (tertiary/aromatic N) is 1. The second-order valence-electron chi connectivity index (χ2n) is 7.89. The van der Waals surface area contributed by atoms with Crippen molar-refractivity contribution in [3.05, 3.63) is 65.7 Å². The maximum absolute atomic E-state index is 13.4. The van der Waals surface area contributed by atoms with E-state index in [-0.39, 0.29) is 17.5 Å². The molecule has 1 heterocycles. The minimum absolute atomic E-state index is 0.0933. The number of para-hydroxylation sites is 1. The van der Waals surface area contributed by atoms with Gasteiger partial charge in [0.2, 0.25) is 5.91 Å². The van der Waals surface area contributed by atoms with E-state index in [0.29, 0.717) is 32.8 Å². The Labute approximate surface area is 209 Å². The number of likely N-dealkylation sites (N-methyl/N-ethyl adjacent to an activating group) is 1. The monoisotopic (exact) mass is 568 g/mol. The summed E-state index contributed by atoms with van der Waals surface area (Å²) in [6.07, 6.45) is 1.50. The largest absolute Gasteiger partial charge is 0.492 e. The molecule has 33 heavy (non-hydrogen) atoms. The van der Waals surface area contributed by atoms with Crippen LogP contribution >= 0.6 is 22.6 Å². The van der Waals surface area contributed by atoms with E-state index < -0.39 is 11.5 Å². The Kier molecular flexibility index (Phi) is 11.1. The highest BCUT2D eigenvalue weighted by Gasteiger charge is 2.44. The first-order chi connectivity index (χ1) is 15.9. The highest BCUT2D eigenvalue weighted by molar-refractivity contribution is 14.1. The number of benzene rings is 2. The molecule has 0 radical (unpaired) electrons. The summed E-state index contributed by atoms with van der Waals surface area (Å²) < 4.78 is 11.5. The van der Waals surface area contributed by atoms with Crippen LogP contribution in [0, 0.1) is 0 Å². The topological polar surface area (TPSA) is 88.1 Å². The Morgan fingerprint density at radius 1 is 1.18 bits per heavy atom. The number of carbonyl (C=O) groups is 2. The van der Waals surface area contributed by atoms with Crippen LogP contribution in [-0.4, -0.2) is 65.8 Å². The Morgan fingerprint density at radius 2 is 1.85 bits per heavy atom. The molecule has 2 atom stereocenters. The van der Waals surface area contributed by atoms with Gasteiger partial charge in [0, 0.05) is 13.2 Å². The lowest BCUT2D eigenvalue weighted by molar-refractivity contribution is -0.143. The van der Waals surface area contributed by atoms with E-state index in [4.69, 9.17) is 14.6 Å². The van der Waals surface area contributed by atoms with E-state index in [1.54, 1.807) is 24.3 Å². The standard InChI is InChI=1S/C24H30N2O5.CH3I/c1-18(19-9-11-20(12-10-19)22(27)28)25-23(29)24(13-6-15-30-17-24)26(2)14-16-31-21-7-4-3-5-8-21;1-2/h3-5,7-12,18H,6,13-17H2,1-2H3,(H,25,29)(H,27,28);1H3/t18-,24?;/m0./s1. The van der Waals surface area contributed by atoms with Crippen LogP contribution in [0.2, 0.25) is 0 Å². The smallest absolute Gasteiger partial charge is 0.335 e. The molecule has 0 aromatic heterocycles. The number of aromatic carboxylic acids is 1. The van der Waals surface area contributed by atoms with E-state index >= 15 is 0 Å². The summed E-state index contributed by atoms with van der Waals surface area (Å²) in [5.74, 6) is -0.266. The summed E-state index contributed by atoms with van der Waals surface area (Å²) in [5.41, 5.74) is 0.297. The lowest BCUT2D eigenvalue weighted by atomic mass is 9.89. The molecule has 2 aromatic rings. The van der Waals surface area contributed by atoms with Crippen LogP contribution in [0.1, 0.15) is 41.7 Å². The maximum Gasteiger partial charge on any atom is 0.335 e. The zero-order valence-corrected chi connectivity index (χ0v) is 21.6. The van der Waals surface area contributed by atoms with Gasteiger partial charge in [-0.2, -0.15) is 0 Å². The van der Waals surface area contributed by atoms with Crippen LogP contribution in [0.3, 0.4) is 0 Å². The molecule has 180 valence electrons. The third-order valence-corrected chi connectivity index (χ3v) is 5.82. The van der Waals surface area contributed by atoms with Crippen LogP contribution in [0.15, 0.2) is 54.6 Å². The average Bonchev–Trinajstić information content (AvgIpc) is 2.86. The van der Waals surface area contributed by atoms with Crippen LogP contribution in [0.4, 0.5) is 0 Å². The predicted octanol–water partition coefficient (Wildman–Crippen LogP) is 4.17. The van der Waals surface area contributed by atoms with Crippen molar-refractivity contribution in [1.82, 2.24) is 10.2 Å². The Bertz CT molecular complexity index is 870. The van der Waals surface area contributed by atoms with E-state index in [1.807, 2.05) is 54.1 Å². The lowest BCUT2D eigenvalue weighted by Crippen LogP contribution is -2.62. The number of halogens is 1. The maximum atomic E-state index is 13.4. The van der Waals surface area contributed by atoms with Gasteiger partial charge in [-0.05, 0) is 61.6 Å². The minimum atomic E-state index is -0.971. The van der Waals surface area contributed by atoms with Gasteiger partial charge in [0.05, 0.1) is 18.2 Å². The summed E-state index contributed by atoms with van der Waals surface area (Å²) in [7, 11) is 1.93. The van der Waals surface area contributed by atoms with Gasteiger partial charge in [0.25, 0.3) is 0 Å². The molecule has 1 amide bonds. The quantitative estimate of drug-likeness (QED) is 0.349. The number of carboxylic acids is 1. The van der Waals surface area contributed by atoms with Crippen molar-refractivity contribution < 1.29 is 24.2 Å². The first-order valence-electron chi connectivity index (χ1n) is 10.9. The molecule has 1 fully saturated rings. The number of carbonyl (C=O) groups excluding carboxylic acids is 1. The fraction of sp³-hybridized carbons (Fsp3) is 0.440. The first kappa shape index (κ1) is 27.1. The number of amides is 1. The molecule has 1 aliphatic heterocycles. The van der Waals surface area contributed by atoms with Gasteiger partial charge in [-0.15, -0.1) is 0 Å². The number of ether oxygens (including phenoxy) is 2. The second-order valence-corrected chi connectivity index (χ2v) is 7.89. The Morgan fingerprint density at radius 3 is 2.42 bits per heavy atom. The zero-order chi connectivity index (χ0) is 24.3. The van der Waals surface area contributed by atoms with Gasteiger partial charge >= 0.3 is 5.97 Å². The van der Waals surface area contributed by atoms with Crippen LogP contribution in [0.5, 0.6) is 5.75 Å². The predicted molar refractivity (Wildman–Crippen MR) is 137 cm³/mol. The van der Waals surface area contributed by atoms with E-state index in [2.05, 4.69) is 27.9 Å². The molecular formula is C25H33IN2O5.